The van der Waals surface area contributed by atoms with E-state index in [0.29, 0.717) is 10.6 Å². The van der Waals surface area contributed by atoms with Gasteiger partial charge in [-0.05, 0) is 23.1 Å². The summed E-state index contributed by atoms with van der Waals surface area (Å²) in [5, 5.41) is 0.530. The molecule has 0 radical (unpaired) electrons. The number of hydrogen-bond donors (Lipinski definition) is 0. The van der Waals surface area contributed by atoms with Crippen molar-refractivity contribution in [2.75, 3.05) is 0 Å². The van der Waals surface area contributed by atoms with Crippen LogP contribution in [0, 0.1) is 0 Å². The molecular formula is C13H19ClO. The minimum Gasteiger partial charge on any atom is -0.298 e. The number of aldehydes is 1. The molecule has 0 saturated heterocycles. The standard InChI is InChI=1S/C11H13ClO.C2H6/c1-11(2,3)9-5-4-8(7-13)10(12)6-9;1-2/h4-7H,1-3H3;1-2H3. The maximum absolute atomic E-state index is 10.5. The Morgan fingerprint density at radius 1 is 1.20 bits per heavy atom. The molecule has 84 valence electrons. The molecule has 0 amide bonds. The molecule has 0 aliphatic heterocycles. The Morgan fingerprint density at radius 2 is 1.73 bits per heavy atom. The molecule has 0 aliphatic carbocycles. The van der Waals surface area contributed by atoms with Gasteiger partial charge in [0.2, 0.25) is 0 Å². The van der Waals surface area contributed by atoms with Gasteiger partial charge in [0.05, 0.1) is 5.02 Å². The van der Waals surface area contributed by atoms with Crippen molar-refractivity contribution in [3.05, 3.63) is 34.3 Å². The van der Waals surface area contributed by atoms with Crippen molar-refractivity contribution in [2.24, 2.45) is 0 Å². The molecule has 0 saturated carbocycles. The van der Waals surface area contributed by atoms with Crippen LogP contribution in [0.25, 0.3) is 0 Å². The van der Waals surface area contributed by atoms with Crippen molar-refractivity contribution >= 4 is 17.9 Å². The van der Waals surface area contributed by atoms with Crippen LogP contribution in [0.2, 0.25) is 5.02 Å². The third kappa shape index (κ3) is 4.05. The monoisotopic (exact) mass is 226 g/mol. The van der Waals surface area contributed by atoms with Gasteiger partial charge in [-0.2, -0.15) is 0 Å². The molecule has 0 aliphatic rings. The van der Waals surface area contributed by atoms with Crippen LogP contribution >= 0.6 is 11.6 Å². The Labute approximate surface area is 97.5 Å². The van der Waals surface area contributed by atoms with Gasteiger partial charge in [-0.1, -0.05) is 52.3 Å². The van der Waals surface area contributed by atoms with E-state index in [1.807, 2.05) is 26.0 Å². The maximum Gasteiger partial charge on any atom is 0.151 e. The summed E-state index contributed by atoms with van der Waals surface area (Å²) >= 11 is 5.90. The topological polar surface area (TPSA) is 17.1 Å². The fraction of sp³-hybridized carbons (Fsp3) is 0.462. The Morgan fingerprint density at radius 3 is 2.07 bits per heavy atom. The molecular weight excluding hydrogens is 208 g/mol. The predicted octanol–water partition coefficient (Wildman–Crippen LogP) is 4.48. The van der Waals surface area contributed by atoms with Crippen molar-refractivity contribution in [3.8, 4) is 0 Å². The third-order valence-electron chi connectivity index (χ3n) is 1.99. The van der Waals surface area contributed by atoms with Crippen LogP contribution in [0.15, 0.2) is 18.2 Å². The lowest BCUT2D eigenvalue weighted by molar-refractivity contribution is 0.112. The predicted molar refractivity (Wildman–Crippen MR) is 66.9 cm³/mol. The molecule has 2 heteroatoms. The van der Waals surface area contributed by atoms with E-state index in [1.165, 1.54) is 0 Å². The first-order chi connectivity index (χ1) is 6.95. The molecule has 0 atom stereocenters. The summed E-state index contributed by atoms with van der Waals surface area (Å²) in [5.74, 6) is 0. The summed E-state index contributed by atoms with van der Waals surface area (Å²) in [6.45, 7) is 10.3. The van der Waals surface area contributed by atoms with Gasteiger partial charge < -0.3 is 0 Å². The molecule has 15 heavy (non-hydrogen) atoms. The van der Waals surface area contributed by atoms with Gasteiger partial charge in [0.15, 0.2) is 6.29 Å². The minimum atomic E-state index is 0.0745. The van der Waals surface area contributed by atoms with Gasteiger partial charge >= 0.3 is 0 Å². The van der Waals surface area contributed by atoms with Gasteiger partial charge in [-0.3, -0.25) is 4.79 Å². The van der Waals surface area contributed by atoms with Crippen molar-refractivity contribution < 1.29 is 4.79 Å². The van der Waals surface area contributed by atoms with E-state index in [0.717, 1.165) is 11.8 Å². The SMILES string of the molecule is CC.CC(C)(C)c1ccc(C=O)c(Cl)c1. The van der Waals surface area contributed by atoms with Crippen LogP contribution in [-0.2, 0) is 5.41 Å². The number of halogens is 1. The Bertz CT molecular complexity index is 324. The molecule has 0 heterocycles. The number of carbonyl (C=O) groups excluding carboxylic acids is 1. The van der Waals surface area contributed by atoms with Crippen LogP contribution in [0.1, 0.15) is 50.5 Å². The average molecular weight is 227 g/mol. The third-order valence-corrected chi connectivity index (χ3v) is 2.32. The smallest absolute Gasteiger partial charge is 0.151 e. The summed E-state index contributed by atoms with van der Waals surface area (Å²) in [4.78, 5) is 10.5. The highest BCUT2D eigenvalue weighted by Crippen LogP contribution is 2.26. The molecule has 1 rings (SSSR count). The maximum atomic E-state index is 10.5. The molecule has 1 nitrogen and oxygen atoms in total. The van der Waals surface area contributed by atoms with Crippen LogP contribution in [0.3, 0.4) is 0 Å². The number of hydrogen-bond acceptors (Lipinski definition) is 1. The summed E-state index contributed by atoms with van der Waals surface area (Å²) < 4.78 is 0. The van der Waals surface area contributed by atoms with E-state index < -0.39 is 0 Å². The van der Waals surface area contributed by atoms with Crippen molar-refractivity contribution in [3.63, 3.8) is 0 Å². The highest BCUT2D eigenvalue weighted by atomic mass is 35.5. The quantitative estimate of drug-likeness (QED) is 0.646. The van der Waals surface area contributed by atoms with Gasteiger partial charge in [0, 0.05) is 5.56 Å². The molecule has 0 aromatic heterocycles. The van der Waals surface area contributed by atoms with Crippen LogP contribution < -0.4 is 0 Å². The lowest BCUT2D eigenvalue weighted by Gasteiger charge is -2.19. The Balaban J connectivity index is 0.000000921. The summed E-state index contributed by atoms with van der Waals surface area (Å²) in [6.07, 6.45) is 0.773. The normalized spacial score (nSPS) is 10.3. The summed E-state index contributed by atoms with van der Waals surface area (Å²) in [6, 6.07) is 5.55. The largest absolute Gasteiger partial charge is 0.298 e. The van der Waals surface area contributed by atoms with E-state index in [4.69, 9.17) is 11.6 Å². The highest BCUT2D eigenvalue weighted by Gasteiger charge is 2.14. The van der Waals surface area contributed by atoms with E-state index in [-0.39, 0.29) is 5.41 Å². The zero-order valence-electron chi connectivity index (χ0n) is 10.1. The fourth-order valence-corrected chi connectivity index (χ4v) is 1.31. The first-order valence-corrected chi connectivity index (χ1v) is 5.58. The summed E-state index contributed by atoms with van der Waals surface area (Å²) in [7, 11) is 0. The summed E-state index contributed by atoms with van der Waals surface area (Å²) in [5.41, 5.74) is 1.77. The van der Waals surface area contributed by atoms with Gasteiger partial charge in [0.1, 0.15) is 0 Å². The van der Waals surface area contributed by atoms with E-state index in [2.05, 4.69) is 20.8 Å². The van der Waals surface area contributed by atoms with Gasteiger partial charge in [0.25, 0.3) is 0 Å². The molecule has 0 fully saturated rings. The molecule has 1 aromatic carbocycles. The first-order valence-electron chi connectivity index (χ1n) is 5.20. The molecule has 0 spiro atoms. The second-order valence-electron chi connectivity index (χ2n) is 4.10. The van der Waals surface area contributed by atoms with Gasteiger partial charge in [-0.25, -0.2) is 0 Å². The minimum absolute atomic E-state index is 0.0745. The lowest BCUT2D eigenvalue weighted by atomic mass is 9.87. The van der Waals surface area contributed by atoms with Crippen LogP contribution in [-0.4, -0.2) is 6.29 Å². The van der Waals surface area contributed by atoms with Crippen molar-refractivity contribution in [1.29, 1.82) is 0 Å². The van der Waals surface area contributed by atoms with Crippen molar-refractivity contribution in [1.82, 2.24) is 0 Å². The Hall–Kier alpha value is -0.820. The fourth-order valence-electron chi connectivity index (χ4n) is 1.09. The molecule has 0 bridgehead atoms. The zero-order chi connectivity index (χ0) is 12.1. The highest BCUT2D eigenvalue weighted by molar-refractivity contribution is 6.33. The lowest BCUT2D eigenvalue weighted by Crippen LogP contribution is -2.10. The first kappa shape index (κ1) is 14.2. The second-order valence-corrected chi connectivity index (χ2v) is 4.51. The Kier molecular flexibility index (Phi) is 5.59. The number of benzene rings is 1. The second kappa shape index (κ2) is 5.92. The van der Waals surface area contributed by atoms with E-state index in [1.54, 1.807) is 6.07 Å². The van der Waals surface area contributed by atoms with E-state index >= 15 is 0 Å². The number of rotatable bonds is 1. The molecule has 0 N–H and O–H groups in total. The number of carbonyl (C=O) groups is 1. The van der Waals surface area contributed by atoms with Gasteiger partial charge in [-0.15, -0.1) is 0 Å². The molecule has 1 aromatic rings. The van der Waals surface area contributed by atoms with Crippen LogP contribution in [0.5, 0.6) is 0 Å². The van der Waals surface area contributed by atoms with Crippen LogP contribution in [0.4, 0.5) is 0 Å². The zero-order valence-corrected chi connectivity index (χ0v) is 10.9. The van der Waals surface area contributed by atoms with Crippen molar-refractivity contribution in [2.45, 2.75) is 40.0 Å². The molecule has 0 unspecified atom stereocenters. The average Bonchev–Trinajstić information content (AvgIpc) is 2.19. The van der Waals surface area contributed by atoms with E-state index in [9.17, 15) is 4.79 Å².